The molecule has 0 saturated carbocycles. The lowest BCUT2D eigenvalue weighted by Gasteiger charge is -2.46. The van der Waals surface area contributed by atoms with Crippen molar-refractivity contribution in [1.82, 2.24) is 0 Å². The maximum Gasteiger partial charge on any atom is 0.252 e. The summed E-state index contributed by atoms with van der Waals surface area (Å²) in [6, 6.07) is 147. The van der Waals surface area contributed by atoms with E-state index < -0.39 is 0 Å². The van der Waals surface area contributed by atoms with Gasteiger partial charge in [0.25, 0.3) is 6.71 Å². The summed E-state index contributed by atoms with van der Waals surface area (Å²) in [6.07, 6.45) is 0. The van der Waals surface area contributed by atoms with Crippen LogP contribution in [0.5, 0.6) is 0 Å². The van der Waals surface area contributed by atoms with E-state index >= 15 is 0 Å². The van der Waals surface area contributed by atoms with Crippen LogP contribution in [0.15, 0.2) is 394 Å². The van der Waals surface area contributed by atoms with Crippen LogP contribution < -0.4 is 26.2 Å². The first kappa shape index (κ1) is 59.2. The molecule has 17 aromatic rings. The Morgan fingerprint density at radius 3 is 0.911 bits per heavy atom. The van der Waals surface area contributed by atoms with Gasteiger partial charge in [0.1, 0.15) is 0 Å². The zero-order valence-corrected chi connectivity index (χ0v) is 55.5. The standard InChI is InChI=1S/C98H65BN2/c1-10-31-66(32-11-1)76-55-58-90-89(64-76)99-88-57-54-77(75-53-56-82-87(59-75)95(74-47-26-9-27-48-74)81-50-29-28-49-80(81)94(82)73-45-24-8-25-46-73)65-93(88)101(98-85(71-41-20-6-21-42-71)62-79(68-35-14-3-15-36-68)63-86(98)72-43-22-7-23-44-72)92-52-30-51-91(96(92)99)100(90)97-83(69-37-16-4-17-38-69)60-78(67-33-12-2-13-34-67)61-84(97)70-39-18-5-19-40-70/h1-65H. The second-order valence-corrected chi connectivity index (χ2v) is 26.6. The highest BCUT2D eigenvalue weighted by Crippen LogP contribution is 2.55. The molecule has 3 heteroatoms. The molecule has 470 valence electrons. The van der Waals surface area contributed by atoms with Gasteiger partial charge < -0.3 is 9.80 Å². The van der Waals surface area contributed by atoms with Gasteiger partial charge in [-0.2, -0.15) is 0 Å². The van der Waals surface area contributed by atoms with Crippen LogP contribution in [0.1, 0.15) is 0 Å². The van der Waals surface area contributed by atoms with Gasteiger partial charge in [0.05, 0.1) is 11.4 Å². The molecule has 0 N–H and O–H groups in total. The van der Waals surface area contributed by atoms with Crippen molar-refractivity contribution in [1.29, 1.82) is 0 Å². The number of hydrogen-bond acceptors (Lipinski definition) is 2. The Balaban J connectivity index is 0.941. The fourth-order valence-electron chi connectivity index (χ4n) is 16.3. The average molecular weight is 1280 g/mol. The van der Waals surface area contributed by atoms with E-state index in [2.05, 4.69) is 404 Å². The van der Waals surface area contributed by atoms with Crippen molar-refractivity contribution in [2.45, 2.75) is 0 Å². The molecule has 0 unspecified atom stereocenters. The van der Waals surface area contributed by atoms with Crippen molar-refractivity contribution in [3.63, 3.8) is 0 Å². The highest BCUT2D eigenvalue weighted by Gasteiger charge is 2.45. The molecule has 101 heavy (non-hydrogen) atoms. The molecule has 2 nitrogen and oxygen atoms in total. The van der Waals surface area contributed by atoms with Crippen LogP contribution in [0.25, 0.3) is 133 Å². The van der Waals surface area contributed by atoms with E-state index in [1.807, 2.05) is 0 Å². The lowest BCUT2D eigenvalue weighted by atomic mass is 9.33. The zero-order chi connectivity index (χ0) is 66.7. The Kier molecular flexibility index (Phi) is 14.7. The predicted octanol–water partition coefficient (Wildman–Crippen LogP) is 24.7. The summed E-state index contributed by atoms with van der Waals surface area (Å²) in [5, 5.41) is 4.89. The summed E-state index contributed by atoms with van der Waals surface area (Å²) in [5.41, 5.74) is 33.6. The minimum absolute atomic E-state index is 0.217. The largest absolute Gasteiger partial charge is 0.310 e. The minimum atomic E-state index is -0.217. The van der Waals surface area contributed by atoms with Crippen LogP contribution in [-0.2, 0) is 0 Å². The van der Waals surface area contributed by atoms with Crippen LogP contribution in [-0.4, -0.2) is 6.71 Å². The quantitative estimate of drug-likeness (QED) is 0.0889. The summed E-state index contributed by atoms with van der Waals surface area (Å²) in [7, 11) is 0. The summed E-state index contributed by atoms with van der Waals surface area (Å²) in [5.74, 6) is 0. The van der Waals surface area contributed by atoms with Crippen LogP contribution in [0.2, 0.25) is 0 Å². The van der Waals surface area contributed by atoms with Gasteiger partial charge in [-0.1, -0.05) is 340 Å². The van der Waals surface area contributed by atoms with Gasteiger partial charge in [-0.25, -0.2) is 0 Å². The van der Waals surface area contributed by atoms with Gasteiger partial charge in [0.15, 0.2) is 0 Å². The first-order chi connectivity index (χ1) is 50.1. The van der Waals surface area contributed by atoms with Crippen molar-refractivity contribution >= 4 is 78.8 Å². The molecule has 0 atom stereocenters. The van der Waals surface area contributed by atoms with Gasteiger partial charge in [0.2, 0.25) is 0 Å². The molecular formula is C98H65BN2. The van der Waals surface area contributed by atoms with Crippen LogP contribution in [0, 0.1) is 0 Å². The Bertz CT molecular complexity index is 5850. The molecule has 19 rings (SSSR count). The van der Waals surface area contributed by atoms with Crippen LogP contribution in [0.4, 0.5) is 34.1 Å². The van der Waals surface area contributed by atoms with E-state index in [4.69, 9.17) is 0 Å². The molecule has 0 aromatic heterocycles. The van der Waals surface area contributed by atoms with Crippen LogP contribution >= 0.6 is 0 Å². The normalized spacial score (nSPS) is 12.1. The summed E-state index contributed by atoms with van der Waals surface area (Å²) in [6.45, 7) is -0.217. The lowest BCUT2D eigenvalue weighted by Crippen LogP contribution is -2.61. The SMILES string of the molecule is c1ccc(-c2ccc3c(c2)B2c4ccc(-c5ccc6c(-c7ccccc7)c7ccccc7c(-c7ccccc7)c6c5)cc4N(c4c(-c5ccccc5)cc(-c5ccccc5)cc4-c4ccccc4)c4cccc(c42)N3c2c(-c3ccccc3)cc(-c3ccccc3)cc2-c2ccccc2)cc1. The van der Waals surface area contributed by atoms with E-state index in [9.17, 15) is 0 Å². The number of nitrogens with zero attached hydrogens (tertiary/aromatic N) is 2. The van der Waals surface area contributed by atoms with Gasteiger partial charge in [-0.15, -0.1) is 0 Å². The molecular weight excluding hydrogens is 1220 g/mol. The van der Waals surface area contributed by atoms with Crippen molar-refractivity contribution < 1.29 is 0 Å². The Hall–Kier alpha value is -13.1. The lowest BCUT2D eigenvalue weighted by molar-refractivity contribution is 1.25. The topological polar surface area (TPSA) is 6.48 Å². The van der Waals surface area contributed by atoms with Crippen molar-refractivity contribution in [3.05, 3.63) is 394 Å². The van der Waals surface area contributed by atoms with Gasteiger partial charge in [0, 0.05) is 45.0 Å². The van der Waals surface area contributed by atoms with E-state index in [-0.39, 0.29) is 6.71 Å². The molecule has 0 fully saturated rings. The monoisotopic (exact) mass is 1280 g/mol. The van der Waals surface area contributed by atoms with Crippen molar-refractivity contribution in [2.24, 2.45) is 0 Å². The van der Waals surface area contributed by atoms with Crippen LogP contribution in [0.3, 0.4) is 0 Å². The van der Waals surface area contributed by atoms with E-state index in [1.54, 1.807) is 0 Å². The average Bonchev–Trinajstić information content (AvgIpc) is 0.722. The molecule has 2 aliphatic rings. The molecule has 2 heterocycles. The summed E-state index contributed by atoms with van der Waals surface area (Å²) < 4.78 is 0. The highest BCUT2D eigenvalue weighted by atomic mass is 15.2. The predicted molar refractivity (Wildman–Crippen MR) is 430 cm³/mol. The number of fused-ring (bicyclic) bond motifs is 6. The molecule has 0 amide bonds. The summed E-state index contributed by atoms with van der Waals surface area (Å²) >= 11 is 0. The highest BCUT2D eigenvalue weighted by molar-refractivity contribution is 7.00. The Morgan fingerprint density at radius 2 is 0.485 bits per heavy atom. The first-order valence-corrected chi connectivity index (χ1v) is 35.0. The van der Waals surface area contributed by atoms with E-state index in [0.29, 0.717) is 0 Å². The van der Waals surface area contributed by atoms with Gasteiger partial charge in [-0.3, -0.25) is 0 Å². The third kappa shape index (κ3) is 10.3. The molecule has 0 aliphatic carbocycles. The third-order valence-electron chi connectivity index (χ3n) is 20.8. The third-order valence-corrected chi connectivity index (χ3v) is 20.8. The van der Waals surface area contributed by atoms with E-state index in [0.717, 1.165) is 112 Å². The number of benzene rings is 17. The maximum absolute atomic E-state index is 2.67. The molecule has 0 saturated heterocycles. The van der Waals surface area contributed by atoms with Gasteiger partial charge >= 0.3 is 0 Å². The maximum atomic E-state index is 2.67. The number of hydrogen-bond donors (Lipinski definition) is 0. The molecule has 0 spiro atoms. The summed E-state index contributed by atoms with van der Waals surface area (Å²) in [4.78, 5) is 5.31. The zero-order valence-electron chi connectivity index (χ0n) is 55.5. The fraction of sp³-hybridized carbons (Fsp3) is 0. The molecule has 0 radical (unpaired) electrons. The second-order valence-electron chi connectivity index (χ2n) is 26.6. The van der Waals surface area contributed by atoms with Crippen molar-refractivity contribution in [3.8, 4) is 111 Å². The molecule has 2 aliphatic heterocycles. The van der Waals surface area contributed by atoms with E-state index in [1.165, 1.54) is 71.3 Å². The Labute approximate surface area is 590 Å². The first-order valence-electron chi connectivity index (χ1n) is 35.0. The van der Waals surface area contributed by atoms with Crippen molar-refractivity contribution in [2.75, 3.05) is 9.80 Å². The molecule has 0 bridgehead atoms. The number of anilines is 6. The number of rotatable bonds is 12. The molecule has 17 aromatic carbocycles. The second kappa shape index (κ2) is 25.1. The smallest absolute Gasteiger partial charge is 0.252 e. The minimum Gasteiger partial charge on any atom is -0.310 e. The fourth-order valence-corrected chi connectivity index (χ4v) is 16.3. The Morgan fingerprint density at radius 1 is 0.168 bits per heavy atom. The van der Waals surface area contributed by atoms with Gasteiger partial charge in [-0.05, 0) is 182 Å².